The lowest BCUT2D eigenvalue weighted by Crippen LogP contribution is -1.90. The van der Waals surface area contributed by atoms with Crippen molar-refractivity contribution in [2.24, 2.45) is 5.10 Å². The molecule has 0 spiro atoms. The average molecular weight is 374 g/mol. The number of benzene rings is 2. The highest BCUT2D eigenvalue weighted by Crippen LogP contribution is 2.26. The summed E-state index contributed by atoms with van der Waals surface area (Å²) >= 11 is 4.92. The van der Waals surface area contributed by atoms with Crippen molar-refractivity contribution in [3.8, 4) is 17.0 Å². The number of halogens is 1. The third kappa shape index (κ3) is 3.72. The van der Waals surface area contributed by atoms with Crippen LogP contribution in [0.3, 0.4) is 0 Å². The molecule has 0 saturated heterocycles. The summed E-state index contributed by atoms with van der Waals surface area (Å²) < 4.78 is 1.04. The molecule has 0 radical (unpaired) electrons. The van der Waals surface area contributed by atoms with Gasteiger partial charge in [0.2, 0.25) is 5.13 Å². The van der Waals surface area contributed by atoms with Crippen LogP contribution in [0.5, 0.6) is 5.75 Å². The molecule has 4 nitrogen and oxygen atoms in total. The highest BCUT2D eigenvalue weighted by molar-refractivity contribution is 9.10. The zero-order chi connectivity index (χ0) is 15.4. The van der Waals surface area contributed by atoms with Crippen LogP contribution in [0.25, 0.3) is 11.3 Å². The molecule has 6 heteroatoms. The standard InChI is InChI=1S/C16H12BrN3OS/c17-13-5-3-12(4-6-13)15-10-22-16(19-15)20-18-9-11-1-7-14(21)8-2-11/h1-10,21H,(H,19,20)/b18-9-. The number of aromatic hydroxyl groups is 1. The van der Waals surface area contributed by atoms with E-state index in [2.05, 4.69) is 31.4 Å². The first kappa shape index (κ1) is 14.7. The Hall–Kier alpha value is -2.18. The number of hydrazone groups is 1. The molecule has 1 heterocycles. The summed E-state index contributed by atoms with van der Waals surface area (Å²) in [5.41, 5.74) is 5.79. The van der Waals surface area contributed by atoms with Crippen LogP contribution < -0.4 is 5.43 Å². The molecule has 0 aliphatic rings. The van der Waals surface area contributed by atoms with Gasteiger partial charge in [-0.25, -0.2) is 4.98 Å². The number of thiazole rings is 1. The number of anilines is 1. The summed E-state index contributed by atoms with van der Waals surface area (Å²) in [4.78, 5) is 4.49. The molecule has 110 valence electrons. The van der Waals surface area contributed by atoms with Gasteiger partial charge in [0, 0.05) is 15.4 Å². The Balaban J connectivity index is 1.66. The second-order valence-electron chi connectivity index (χ2n) is 4.51. The Labute approximate surface area is 140 Å². The molecule has 0 unspecified atom stereocenters. The normalized spacial score (nSPS) is 11.0. The number of hydrogen-bond donors (Lipinski definition) is 2. The van der Waals surface area contributed by atoms with E-state index in [0.717, 1.165) is 26.4 Å². The van der Waals surface area contributed by atoms with Gasteiger partial charge in [-0.05, 0) is 42.0 Å². The molecule has 2 N–H and O–H groups in total. The zero-order valence-electron chi connectivity index (χ0n) is 11.4. The lowest BCUT2D eigenvalue weighted by Gasteiger charge is -1.97. The van der Waals surface area contributed by atoms with E-state index in [-0.39, 0.29) is 5.75 Å². The van der Waals surface area contributed by atoms with Gasteiger partial charge in [0.15, 0.2) is 0 Å². The van der Waals surface area contributed by atoms with E-state index >= 15 is 0 Å². The maximum atomic E-state index is 9.22. The van der Waals surface area contributed by atoms with Gasteiger partial charge in [-0.15, -0.1) is 11.3 Å². The van der Waals surface area contributed by atoms with Crippen molar-refractivity contribution in [3.63, 3.8) is 0 Å². The van der Waals surface area contributed by atoms with Gasteiger partial charge < -0.3 is 5.11 Å². The van der Waals surface area contributed by atoms with Crippen molar-refractivity contribution < 1.29 is 5.11 Å². The van der Waals surface area contributed by atoms with Crippen LogP contribution in [0, 0.1) is 0 Å². The topological polar surface area (TPSA) is 57.5 Å². The predicted molar refractivity (Wildman–Crippen MR) is 94.6 cm³/mol. The van der Waals surface area contributed by atoms with E-state index in [0.29, 0.717) is 0 Å². The number of rotatable bonds is 4. The van der Waals surface area contributed by atoms with Gasteiger partial charge in [-0.3, -0.25) is 5.43 Å². The Morgan fingerprint density at radius 3 is 2.55 bits per heavy atom. The molecule has 0 saturated carbocycles. The molecule has 3 aromatic rings. The van der Waals surface area contributed by atoms with Crippen LogP contribution >= 0.6 is 27.3 Å². The summed E-state index contributed by atoms with van der Waals surface area (Å²) in [6.45, 7) is 0. The quantitative estimate of drug-likeness (QED) is 0.513. The van der Waals surface area contributed by atoms with Crippen LogP contribution in [0.4, 0.5) is 5.13 Å². The monoisotopic (exact) mass is 373 g/mol. The second kappa shape index (κ2) is 6.72. The molecule has 3 rings (SSSR count). The first-order chi connectivity index (χ1) is 10.7. The van der Waals surface area contributed by atoms with Crippen molar-refractivity contribution in [2.45, 2.75) is 0 Å². The summed E-state index contributed by atoms with van der Waals surface area (Å²) in [7, 11) is 0. The molecular formula is C16H12BrN3OS. The summed E-state index contributed by atoms with van der Waals surface area (Å²) in [6.07, 6.45) is 1.68. The fourth-order valence-electron chi connectivity index (χ4n) is 1.80. The Bertz CT molecular complexity index is 782. The van der Waals surface area contributed by atoms with Crippen LogP contribution in [0.2, 0.25) is 0 Å². The van der Waals surface area contributed by atoms with Crippen molar-refractivity contribution in [2.75, 3.05) is 5.43 Å². The number of phenols is 1. The van der Waals surface area contributed by atoms with Gasteiger partial charge in [-0.2, -0.15) is 5.10 Å². The molecule has 0 amide bonds. The molecule has 0 fully saturated rings. The number of aromatic nitrogens is 1. The molecule has 0 aliphatic carbocycles. The van der Waals surface area contributed by atoms with Gasteiger partial charge in [0.25, 0.3) is 0 Å². The predicted octanol–water partition coefficient (Wildman–Crippen LogP) is 4.72. The van der Waals surface area contributed by atoms with Crippen LogP contribution in [0.15, 0.2) is 63.5 Å². The third-order valence-corrected chi connectivity index (χ3v) is 4.19. The number of nitrogens with one attached hydrogen (secondary N) is 1. The maximum Gasteiger partial charge on any atom is 0.203 e. The van der Waals surface area contributed by atoms with E-state index in [4.69, 9.17) is 0 Å². The van der Waals surface area contributed by atoms with Crippen molar-refractivity contribution in [1.29, 1.82) is 0 Å². The van der Waals surface area contributed by atoms with E-state index in [1.54, 1.807) is 30.5 Å². The first-order valence-corrected chi connectivity index (χ1v) is 8.17. The third-order valence-electron chi connectivity index (χ3n) is 2.91. The van der Waals surface area contributed by atoms with Crippen LogP contribution in [0.1, 0.15) is 5.56 Å². The molecule has 1 aromatic heterocycles. The number of nitrogens with zero attached hydrogens (tertiary/aromatic N) is 2. The average Bonchev–Trinajstić information content (AvgIpc) is 2.99. The van der Waals surface area contributed by atoms with Crippen molar-refractivity contribution >= 4 is 38.6 Å². The Morgan fingerprint density at radius 1 is 1.09 bits per heavy atom. The molecular weight excluding hydrogens is 362 g/mol. The maximum absolute atomic E-state index is 9.22. The first-order valence-electron chi connectivity index (χ1n) is 6.50. The van der Waals surface area contributed by atoms with E-state index in [1.807, 2.05) is 29.6 Å². The Kier molecular flexibility index (Phi) is 4.50. The molecule has 0 atom stereocenters. The van der Waals surface area contributed by atoms with Gasteiger partial charge >= 0.3 is 0 Å². The second-order valence-corrected chi connectivity index (χ2v) is 6.28. The number of hydrogen-bond acceptors (Lipinski definition) is 5. The molecule has 0 bridgehead atoms. The molecule has 2 aromatic carbocycles. The summed E-state index contributed by atoms with van der Waals surface area (Å²) in [5, 5.41) is 16.1. The zero-order valence-corrected chi connectivity index (χ0v) is 13.8. The largest absolute Gasteiger partial charge is 0.508 e. The van der Waals surface area contributed by atoms with E-state index in [1.165, 1.54) is 11.3 Å². The smallest absolute Gasteiger partial charge is 0.203 e. The molecule has 0 aliphatic heterocycles. The minimum absolute atomic E-state index is 0.240. The van der Waals surface area contributed by atoms with E-state index < -0.39 is 0 Å². The minimum atomic E-state index is 0.240. The lowest BCUT2D eigenvalue weighted by molar-refractivity contribution is 0.475. The number of phenolic OH excluding ortho intramolecular Hbond substituents is 1. The van der Waals surface area contributed by atoms with Gasteiger partial charge in [0.05, 0.1) is 11.9 Å². The highest BCUT2D eigenvalue weighted by Gasteiger charge is 2.03. The highest BCUT2D eigenvalue weighted by atomic mass is 79.9. The van der Waals surface area contributed by atoms with Crippen molar-refractivity contribution in [3.05, 3.63) is 63.9 Å². The summed E-state index contributed by atoms with van der Waals surface area (Å²) in [5.74, 6) is 0.240. The van der Waals surface area contributed by atoms with Crippen molar-refractivity contribution in [1.82, 2.24) is 4.98 Å². The van der Waals surface area contributed by atoms with Crippen LogP contribution in [-0.4, -0.2) is 16.3 Å². The minimum Gasteiger partial charge on any atom is -0.508 e. The van der Waals surface area contributed by atoms with Gasteiger partial charge in [-0.1, -0.05) is 28.1 Å². The fourth-order valence-corrected chi connectivity index (χ4v) is 2.73. The lowest BCUT2D eigenvalue weighted by atomic mass is 10.2. The van der Waals surface area contributed by atoms with Gasteiger partial charge in [0.1, 0.15) is 5.75 Å². The summed E-state index contributed by atoms with van der Waals surface area (Å²) in [6, 6.07) is 14.8. The van der Waals surface area contributed by atoms with E-state index in [9.17, 15) is 5.11 Å². The Morgan fingerprint density at radius 2 is 1.82 bits per heavy atom. The van der Waals surface area contributed by atoms with Crippen LogP contribution in [-0.2, 0) is 0 Å². The fraction of sp³-hybridized carbons (Fsp3) is 0. The SMILES string of the molecule is Oc1ccc(/C=N\Nc2nc(-c3ccc(Br)cc3)cs2)cc1. The molecule has 22 heavy (non-hydrogen) atoms.